The van der Waals surface area contributed by atoms with Gasteiger partial charge >= 0.3 is 5.97 Å². The number of furan rings is 1. The van der Waals surface area contributed by atoms with Crippen molar-refractivity contribution in [2.45, 2.75) is 40.0 Å². The predicted molar refractivity (Wildman–Crippen MR) is 114 cm³/mol. The van der Waals surface area contributed by atoms with Crippen LogP contribution in [0, 0.1) is 0 Å². The first-order chi connectivity index (χ1) is 14.4. The molecule has 2 heterocycles. The van der Waals surface area contributed by atoms with Gasteiger partial charge in [-0.3, -0.25) is 9.48 Å². The maximum atomic E-state index is 12.6. The fourth-order valence-corrected chi connectivity index (χ4v) is 2.81. The molecule has 1 amide bonds. The molecule has 0 atom stereocenters. The molecule has 0 fully saturated rings. The summed E-state index contributed by atoms with van der Waals surface area (Å²) in [6.45, 7) is 6.08. The smallest absolute Gasteiger partial charge is 0.361 e. The molecule has 0 saturated carbocycles. The van der Waals surface area contributed by atoms with Crippen LogP contribution >= 0.6 is 15.9 Å². The van der Waals surface area contributed by atoms with E-state index in [1.165, 1.54) is 0 Å². The highest BCUT2D eigenvalue weighted by Crippen LogP contribution is 2.20. The molecule has 0 unspecified atom stereocenters. The molecule has 1 N–H and O–H groups in total. The van der Waals surface area contributed by atoms with E-state index in [1.54, 1.807) is 36.9 Å². The van der Waals surface area contributed by atoms with Gasteiger partial charge in [0.2, 0.25) is 0 Å². The van der Waals surface area contributed by atoms with Crippen LogP contribution in [0.2, 0.25) is 0 Å². The molecule has 3 aromatic rings. The number of hydrogen-bond donors (Lipinski definition) is 1. The lowest BCUT2D eigenvalue weighted by atomic mass is 10.3. The van der Waals surface area contributed by atoms with Crippen molar-refractivity contribution in [3.05, 3.63) is 64.3 Å². The van der Waals surface area contributed by atoms with E-state index in [1.807, 2.05) is 31.2 Å². The molecule has 0 aliphatic rings. The summed E-state index contributed by atoms with van der Waals surface area (Å²) in [5, 5.41) is 6.84. The second kappa shape index (κ2) is 9.62. The van der Waals surface area contributed by atoms with E-state index in [2.05, 4.69) is 26.3 Å². The number of aryl methyl sites for hydroxylation is 1. The summed E-state index contributed by atoms with van der Waals surface area (Å²) in [5.41, 5.74) is 0.306. The average Bonchev–Trinajstić information content (AvgIpc) is 3.34. The zero-order valence-electron chi connectivity index (χ0n) is 16.8. The van der Waals surface area contributed by atoms with Crippen LogP contribution in [0.15, 0.2) is 51.5 Å². The fraction of sp³-hybridized carbons (Fsp3) is 0.286. The highest BCUT2D eigenvalue weighted by Gasteiger charge is 2.22. The minimum Gasteiger partial charge on any atom is -0.486 e. The number of carbonyl (C=O) groups is 2. The Kier molecular flexibility index (Phi) is 6.94. The number of anilines is 1. The Hall–Kier alpha value is -3.07. The molecule has 30 heavy (non-hydrogen) atoms. The standard InChI is InChI=1S/C21H22BrN3O5/c1-4-25-11-17(19(24-25)21(27)29-13(2)3)23-20(26)18-10-9-16(30-18)12-28-15-7-5-14(22)6-8-15/h5-11,13H,4,12H2,1-3H3,(H,23,26). The number of amides is 1. The summed E-state index contributed by atoms with van der Waals surface area (Å²) in [6.07, 6.45) is 1.28. The number of ether oxygens (including phenoxy) is 2. The van der Waals surface area contributed by atoms with Crippen molar-refractivity contribution in [1.82, 2.24) is 9.78 Å². The van der Waals surface area contributed by atoms with Gasteiger partial charge in [-0.15, -0.1) is 0 Å². The molecule has 0 radical (unpaired) electrons. The van der Waals surface area contributed by atoms with Crippen molar-refractivity contribution in [1.29, 1.82) is 0 Å². The Morgan fingerprint density at radius 1 is 1.20 bits per heavy atom. The van der Waals surface area contributed by atoms with Crippen molar-refractivity contribution in [2.24, 2.45) is 0 Å². The van der Waals surface area contributed by atoms with Gasteiger partial charge in [0.25, 0.3) is 5.91 Å². The molecule has 0 spiro atoms. The Labute approximate surface area is 182 Å². The van der Waals surface area contributed by atoms with Gasteiger partial charge in [0.1, 0.15) is 18.1 Å². The van der Waals surface area contributed by atoms with Crippen molar-refractivity contribution in [3.63, 3.8) is 0 Å². The minimum absolute atomic E-state index is 0.0456. The Balaban J connectivity index is 1.67. The molecule has 9 heteroatoms. The zero-order valence-corrected chi connectivity index (χ0v) is 18.4. The van der Waals surface area contributed by atoms with Crippen LogP contribution in [0.4, 0.5) is 5.69 Å². The topological polar surface area (TPSA) is 95.6 Å². The second-order valence-corrected chi connectivity index (χ2v) is 7.58. The molecule has 0 aliphatic carbocycles. The second-order valence-electron chi connectivity index (χ2n) is 6.66. The molecule has 0 saturated heterocycles. The lowest BCUT2D eigenvalue weighted by Gasteiger charge is -2.07. The van der Waals surface area contributed by atoms with Gasteiger partial charge in [-0.1, -0.05) is 15.9 Å². The highest BCUT2D eigenvalue weighted by atomic mass is 79.9. The monoisotopic (exact) mass is 475 g/mol. The predicted octanol–water partition coefficient (Wildman–Crippen LogP) is 4.66. The molecule has 2 aromatic heterocycles. The summed E-state index contributed by atoms with van der Waals surface area (Å²) < 4.78 is 18.9. The molecule has 0 aliphatic heterocycles. The van der Waals surface area contributed by atoms with E-state index < -0.39 is 11.9 Å². The third kappa shape index (κ3) is 5.50. The Bertz CT molecular complexity index is 1020. The van der Waals surface area contributed by atoms with E-state index in [0.717, 1.165) is 4.47 Å². The maximum Gasteiger partial charge on any atom is 0.361 e. The third-order valence-electron chi connectivity index (χ3n) is 3.95. The van der Waals surface area contributed by atoms with Crippen molar-refractivity contribution in [2.75, 3.05) is 5.32 Å². The third-order valence-corrected chi connectivity index (χ3v) is 4.48. The normalized spacial score (nSPS) is 10.8. The lowest BCUT2D eigenvalue weighted by Crippen LogP contribution is -2.17. The minimum atomic E-state index is -0.601. The number of carbonyl (C=O) groups excluding carboxylic acids is 2. The van der Waals surface area contributed by atoms with Crippen LogP contribution < -0.4 is 10.1 Å². The van der Waals surface area contributed by atoms with E-state index in [-0.39, 0.29) is 29.9 Å². The van der Waals surface area contributed by atoms with Crippen molar-refractivity contribution < 1.29 is 23.5 Å². The first-order valence-corrected chi connectivity index (χ1v) is 10.2. The number of nitrogens with one attached hydrogen (secondary N) is 1. The summed E-state index contributed by atoms with van der Waals surface area (Å²) in [4.78, 5) is 24.9. The summed E-state index contributed by atoms with van der Waals surface area (Å²) in [7, 11) is 0. The fourth-order valence-electron chi connectivity index (χ4n) is 2.54. The van der Waals surface area contributed by atoms with Gasteiger partial charge in [-0.2, -0.15) is 5.10 Å². The summed E-state index contributed by atoms with van der Waals surface area (Å²) in [5.74, 6) is 0.166. The highest BCUT2D eigenvalue weighted by molar-refractivity contribution is 9.10. The van der Waals surface area contributed by atoms with E-state index in [9.17, 15) is 9.59 Å². The first-order valence-electron chi connectivity index (χ1n) is 9.42. The van der Waals surface area contributed by atoms with Crippen LogP contribution in [-0.2, 0) is 17.9 Å². The summed E-state index contributed by atoms with van der Waals surface area (Å²) in [6, 6.07) is 10.6. The zero-order chi connectivity index (χ0) is 21.7. The van der Waals surface area contributed by atoms with Crippen molar-refractivity contribution in [3.8, 4) is 5.75 Å². The quantitative estimate of drug-likeness (QED) is 0.476. The van der Waals surface area contributed by atoms with Crippen LogP contribution in [0.5, 0.6) is 5.75 Å². The molecule has 158 valence electrons. The van der Waals surface area contributed by atoms with Gasteiger partial charge < -0.3 is 19.2 Å². The number of aromatic nitrogens is 2. The van der Waals surface area contributed by atoms with Gasteiger partial charge in [-0.05, 0) is 57.2 Å². The largest absolute Gasteiger partial charge is 0.486 e. The Morgan fingerprint density at radius 2 is 1.93 bits per heavy atom. The molecule has 3 rings (SSSR count). The van der Waals surface area contributed by atoms with Crippen LogP contribution in [0.25, 0.3) is 0 Å². The number of nitrogens with zero attached hydrogens (tertiary/aromatic N) is 2. The van der Waals surface area contributed by atoms with E-state index in [4.69, 9.17) is 13.9 Å². The SMILES string of the molecule is CCn1cc(NC(=O)c2ccc(COc3ccc(Br)cc3)o2)c(C(=O)OC(C)C)n1. The van der Waals surface area contributed by atoms with Crippen molar-refractivity contribution >= 4 is 33.5 Å². The van der Waals surface area contributed by atoms with Gasteiger partial charge in [0.05, 0.1) is 11.8 Å². The number of benzene rings is 1. The molecule has 8 nitrogen and oxygen atoms in total. The van der Waals surface area contributed by atoms with Gasteiger partial charge in [0.15, 0.2) is 11.5 Å². The van der Waals surface area contributed by atoms with E-state index in [0.29, 0.717) is 18.1 Å². The molecule has 1 aromatic carbocycles. The number of rotatable bonds is 8. The van der Waals surface area contributed by atoms with E-state index >= 15 is 0 Å². The van der Waals surface area contributed by atoms with Crippen LogP contribution in [0.1, 0.15) is 47.6 Å². The number of esters is 1. The van der Waals surface area contributed by atoms with Gasteiger partial charge in [-0.25, -0.2) is 4.79 Å². The number of hydrogen-bond acceptors (Lipinski definition) is 6. The summed E-state index contributed by atoms with van der Waals surface area (Å²) >= 11 is 3.37. The van der Waals surface area contributed by atoms with Crippen LogP contribution in [-0.4, -0.2) is 27.8 Å². The molecular weight excluding hydrogens is 454 g/mol. The number of halogens is 1. The molecule has 0 bridgehead atoms. The molecular formula is C21H22BrN3O5. The lowest BCUT2D eigenvalue weighted by molar-refractivity contribution is 0.0371. The van der Waals surface area contributed by atoms with Crippen LogP contribution in [0.3, 0.4) is 0 Å². The average molecular weight is 476 g/mol. The van der Waals surface area contributed by atoms with Gasteiger partial charge in [0, 0.05) is 17.2 Å². The Morgan fingerprint density at radius 3 is 2.60 bits per heavy atom. The maximum absolute atomic E-state index is 12.6. The first kappa shape index (κ1) is 21.6.